The van der Waals surface area contributed by atoms with Crippen molar-refractivity contribution in [2.75, 3.05) is 0 Å². The fraction of sp³-hybridized carbons (Fsp3) is 0. The summed E-state index contributed by atoms with van der Waals surface area (Å²) in [6, 6.07) is 160. The van der Waals surface area contributed by atoms with Crippen LogP contribution in [0.5, 0.6) is 0 Å². The molecule has 19 aromatic carbocycles. The van der Waals surface area contributed by atoms with Crippen molar-refractivity contribution in [1.82, 2.24) is 60.5 Å². The van der Waals surface area contributed by atoms with Gasteiger partial charge in [0, 0.05) is 133 Å². The molecule has 0 bridgehead atoms. The summed E-state index contributed by atoms with van der Waals surface area (Å²) < 4.78 is 20.8. The number of aromatic nitrogens is 13. The first-order valence-corrected chi connectivity index (χ1v) is 51.0. The summed E-state index contributed by atoms with van der Waals surface area (Å²) in [6.07, 6.45) is 6.27. The molecular weight excluding hydrogens is 1820 g/mol. The van der Waals surface area contributed by atoms with Crippen LogP contribution in [0.4, 0.5) is 0 Å². The van der Waals surface area contributed by atoms with Crippen molar-refractivity contribution in [1.29, 1.82) is 0 Å². The van der Waals surface area contributed by atoms with Crippen molar-refractivity contribution in [2.45, 2.75) is 0 Å². The topological polar surface area (TPSA) is 94.4 Å². The zero-order valence-electron chi connectivity index (χ0n) is 77.1. The van der Waals surface area contributed by atoms with E-state index in [2.05, 4.69) is 518 Å². The van der Waals surface area contributed by atoms with Crippen LogP contribution >= 0.6 is 34.0 Å². The SMILES string of the molecule is c1cc(-c2ccc3c(c2)nc2sccn23)cc(-n2c3ccccc3c3cc(-n4c5ccccc5c5ccccc54)ccc32)c1.c1cc(-c2ccc3nc4sccn4c3c2)cc(-c2cccc(-n3c4ccccc4c4cc(-n5c6ccccc6c6ccccc65)ccc43)n2)c1.c1cc(-c2cccc(-n3c4ccccc4c4cc(-n5c6ccccc6c6ccccc65)ccc43)c2)cc(-c2ccc3nc4sccn4c3c2)c1. The molecule has 32 rings (SSSR count). The van der Waals surface area contributed by atoms with Gasteiger partial charge in [0.1, 0.15) is 5.82 Å². The molecule has 0 unspecified atom stereocenters. The predicted molar refractivity (Wildman–Crippen MR) is 603 cm³/mol. The van der Waals surface area contributed by atoms with Crippen LogP contribution in [0.1, 0.15) is 0 Å². The van der Waals surface area contributed by atoms with Crippen molar-refractivity contribution >= 4 is 213 Å². The van der Waals surface area contributed by atoms with Crippen molar-refractivity contribution < 1.29 is 0 Å². The molecule has 13 nitrogen and oxygen atoms in total. The van der Waals surface area contributed by atoms with E-state index in [1.54, 1.807) is 34.0 Å². The second-order valence-corrected chi connectivity index (χ2v) is 39.6. The Balaban J connectivity index is 0.000000101. The third kappa shape index (κ3) is 12.9. The summed E-state index contributed by atoms with van der Waals surface area (Å²) in [5.41, 5.74) is 38.0. The number of pyridine rings is 1. The normalized spacial score (nSPS) is 12.0. The number of rotatable bonds is 11. The second-order valence-electron chi connectivity index (χ2n) is 37.0. The van der Waals surface area contributed by atoms with E-state index in [4.69, 9.17) is 19.9 Å². The third-order valence-corrected chi connectivity index (χ3v) is 31.4. The molecule has 674 valence electrons. The van der Waals surface area contributed by atoms with E-state index in [0.717, 1.165) is 110 Å². The first-order valence-electron chi connectivity index (χ1n) is 48.4. The first-order chi connectivity index (χ1) is 71.4. The fourth-order valence-electron chi connectivity index (χ4n) is 22.7. The van der Waals surface area contributed by atoms with Crippen molar-refractivity contribution in [2.24, 2.45) is 0 Å². The van der Waals surface area contributed by atoms with Gasteiger partial charge < -0.3 is 22.8 Å². The molecule has 13 heterocycles. The van der Waals surface area contributed by atoms with Gasteiger partial charge in [-0.05, 0) is 239 Å². The Morgan fingerprint density at radius 1 is 0.153 bits per heavy atom. The van der Waals surface area contributed by atoms with Crippen LogP contribution in [-0.2, 0) is 0 Å². The highest BCUT2D eigenvalue weighted by Crippen LogP contribution is 2.45. The number of para-hydroxylation sites is 9. The third-order valence-electron chi connectivity index (χ3n) is 29.1. The average Bonchev–Trinajstić information content (AvgIpc) is 1.56. The van der Waals surface area contributed by atoms with E-state index in [0.29, 0.717) is 0 Å². The number of imidazole rings is 3. The van der Waals surface area contributed by atoms with Crippen molar-refractivity contribution in [3.8, 4) is 90.0 Å². The zero-order chi connectivity index (χ0) is 94.3. The molecule has 0 N–H and O–H groups in total. The van der Waals surface area contributed by atoms with Crippen LogP contribution in [0.3, 0.4) is 0 Å². The van der Waals surface area contributed by atoms with Gasteiger partial charge in [0.05, 0.1) is 105 Å². The summed E-state index contributed by atoms with van der Waals surface area (Å²) in [5, 5.41) is 21.2. The second kappa shape index (κ2) is 32.5. The Hall–Kier alpha value is -18.6. The molecule has 0 aliphatic rings. The molecular formula is C128H79N13S3. The molecule has 0 atom stereocenters. The van der Waals surface area contributed by atoms with E-state index >= 15 is 0 Å². The minimum atomic E-state index is 0.893. The van der Waals surface area contributed by atoms with E-state index in [1.165, 1.54) is 159 Å². The number of hydrogen-bond donors (Lipinski definition) is 0. The van der Waals surface area contributed by atoms with Crippen molar-refractivity contribution in [3.63, 3.8) is 0 Å². The zero-order valence-corrected chi connectivity index (χ0v) is 79.6. The standard InChI is InChI=1S/C45H28N4S.C44H27N5S.C39H24N4S/c1-4-16-40-35(13-1)36-14-2-5-17-41(36)49(40)34-20-22-43-38(28-34)37-15-3-6-18-42(37)48(43)33-12-8-11-31(26-33)29-9-7-10-30(25-29)32-19-21-39-44(27-32)47-23-24-50-45(47)46-39;1-4-15-38-32(11-1)33-12-2-5-16-39(33)48(38)31-20-22-41-35(27-31)34-13-3-6-17-40(34)49(41)43-18-8-14-36(45-43)30-10-7-9-28(25-30)29-19-21-37-42(26-29)47-23-24-50-44(47)46-37;1-4-13-34-29(10-1)30-11-2-5-14-35(30)43(34)28-17-19-37-32(24-28)31-12-3-6-15-36(31)42(37)27-9-7-8-25(22-27)26-16-18-38-33(23-26)40-39-41(38)20-21-44-39/h1-28H;1-27H;1-24H. The van der Waals surface area contributed by atoms with Crippen LogP contribution in [0.25, 0.3) is 269 Å². The van der Waals surface area contributed by atoms with Crippen LogP contribution in [0, 0.1) is 0 Å². The molecule has 32 aromatic rings. The van der Waals surface area contributed by atoms with Crippen molar-refractivity contribution in [3.05, 3.63) is 478 Å². The van der Waals surface area contributed by atoms with Gasteiger partial charge in [-0.3, -0.25) is 17.8 Å². The molecule has 0 saturated heterocycles. The Morgan fingerprint density at radius 3 is 0.799 bits per heavy atom. The molecule has 13 aromatic heterocycles. The van der Waals surface area contributed by atoms with Gasteiger partial charge in [-0.1, -0.05) is 249 Å². The van der Waals surface area contributed by atoms with Gasteiger partial charge in [0.25, 0.3) is 0 Å². The monoisotopic (exact) mass is 1890 g/mol. The number of fused-ring (bicyclic) bond motifs is 27. The minimum absolute atomic E-state index is 0.893. The Kier molecular flexibility index (Phi) is 18.4. The van der Waals surface area contributed by atoms with Gasteiger partial charge >= 0.3 is 0 Å². The van der Waals surface area contributed by atoms with E-state index in [-0.39, 0.29) is 0 Å². The van der Waals surface area contributed by atoms with Gasteiger partial charge in [-0.25, -0.2) is 19.9 Å². The van der Waals surface area contributed by atoms with Crippen LogP contribution in [0.2, 0.25) is 0 Å². The quantitative estimate of drug-likeness (QED) is 0.129. The maximum absolute atomic E-state index is 5.30. The summed E-state index contributed by atoms with van der Waals surface area (Å²) in [6.45, 7) is 0. The van der Waals surface area contributed by atoms with E-state index < -0.39 is 0 Å². The first kappa shape index (κ1) is 81.4. The molecule has 0 aliphatic heterocycles. The maximum atomic E-state index is 5.30. The van der Waals surface area contributed by atoms with Crippen LogP contribution in [-0.4, -0.2) is 60.5 Å². The lowest BCUT2D eigenvalue weighted by atomic mass is 9.98. The number of benzene rings is 19. The van der Waals surface area contributed by atoms with Crippen LogP contribution < -0.4 is 0 Å². The highest BCUT2D eigenvalue weighted by Gasteiger charge is 2.25. The Morgan fingerprint density at radius 2 is 0.417 bits per heavy atom. The van der Waals surface area contributed by atoms with Gasteiger partial charge in [0.15, 0.2) is 14.9 Å². The molecule has 144 heavy (non-hydrogen) atoms. The molecule has 0 aliphatic carbocycles. The molecule has 0 saturated carbocycles. The lowest BCUT2D eigenvalue weighted by Gasteiger charge is -2.12. The predicted octanol–water partition coefficient (Wildman–Crippen LogP) is 34.0. The summed E-state index contributed by atoms with van der Waals surface area (Å²) >= 11 is 4.99. The fourth-order valence-corrected chi connectivity index (χ4v) is 24.9. The Bertz CT molecular complexity index is 10300. The molecule has 0 fully saturated rings. The molecule has 0 radical (unpaired) electrons. The average molecular weight is 1900 g/mol. The van der Waals surface area contributed by atoms with Gasteiger partial charge in [-0.15, -0.1) is 34.0 Å². The van der Waals surface area contributed by atoms with E-state index in [9.17, 15) is 0 Å². The number of hydrogen-bond acceptors (Lipinski definition) is 7. The summed E-state index contributed by atoms with van der Waals surface area (Å²) in [4.78, 5) is 22.7. The number of nitrogens with zero attached hydrogens (tertiary/aromatic N) is 13. The lowest BCUT2D eigenvalue weighted by molar-refractivity contribution is 1.08. The highest BCUT2D eigenvalue weighted by atomic mass is 32.1. The minimum Gasteiger partial charge on any atom is -0.309 e. The van der Waals surface area contributed by atoms with Gasteiger partial charge in [-0.2, -0.15) is 0 Å². The lowest BCUT2D eigenvalue weighted by Crippen LogP contribution is -1.99. The summed E-state index contributed by atoms with van der Waals surface area (Å²) in [7, 11) is 0. The maximum Gasteiger partial charge on any atom is 0.194 e. The van der Waals surface area contributed by atoms with Gasteiger partial charge in [0.2, 0.25) is 0 Å². The largest absolute Gasteiger partial charge is 0.309 e. The molecule has 16 heteroatoms. The molecule has 0 spiro atoms. The molecule has 0 amide bonds. The number of thiazole rings is 3. The van der Waals surface area contributed by atoms with E-state index in [1.807, 2.05) is 0 Å². The summed E-state index contributed by atoms with van der Waals surface area (Å²) in [5.74, 6) is 0.893. The smallest absolute Gasteiger partial charge is 0.194 e. The Labute approximate surface area is 834 Å². The van der Waals surface area contributed by atoms with Crippen LogP contribution in [0.15, 0.2) is 478 Å². The highest BCUT2D eigenvalue weighted by molar-refractivity contribution is 7.15.